The predicted octanol–water partition coefficient (Wildman–Crippen LogP) is 2.53. The highest BCUT2D eigenvalue weighted by Gasteiger charge is 2.29. The fourth-order valence-electron chi connectivity index (χ4n) is 3.08. The van der Waals surface area contributed by atoms with Gasteiger partial charge >= 0.3 is 0 Å². The van der Waals surface area contributed by atoms with Gasteiger partial charge < -0.3 is 10.1 Å². The standard InChI is InChI=1S/C19H19N5O2/c1-11-8-12(2)21-19(20-11)24-17(9-13(3)23-24)22-18(25)16-10-14-6-4-5-7-15(14)26-16/h4-9,16H,10H2,1-3H3,(H,22,25). The maximum absolute atomic E-state index is 12.7. The van der Waals surface area contributed by atoms with Gasteiger partial charge in [0.05, 0.1) is 5.69 Å². The van der Waals surface area contributed by atoms with E-state index in [0.29, 0.717) is 18.2 Å². The Balaban J connectivity index is 1.59. The molecule has 1 aromatic carbocycles. The van der Waals surface area contributed by atoms with E-state index in [1.807, 2.05) is 51.1 Å². The number of para-hydroxylation sites is 1. The summed E-state index contributed by atoms with van der Waals surface area (Å²) in [7, 11) is 0. The number of benzene rings is 1. The highest BCUT2D eigenvalue weighted by molar-refractivity contribution is 5.94. The molecule has 1 amide bonds. The van der Waals surface area contributed by atoms with Gasteiger partial charge in [0.25, 0.3) is 11.9 Å². The van der Waals surface area contributed by atoms with Gasteiger partial charge in [0.2, 0.25) is 0 Å². The summed E-state index contributed by atoms with van der Waals surface area (Å²) < 4.78 is 7.31. The molecule has 1 aliphatic rings. The third-order valence-corrected chi connectivity index (χ3v) is 4.18. The highest BCUT2D eigenvalue weighted by Crippen LogP contribution is 2.28. The van der Waals surface area contributed by atoms with Crippen molar-refractivity contribution in [3.05, 3.63) is 59.0 Å². The molecule has 7 heteroatoms. The Morgan fingerprint density at radius 3 is 2.58 bits per heavy atom. The van der Waals surface area contributed by atoms with E-state index in [9.17, 15) is 4.79 Å². The number of amides is 1. The third kappa shape index (κ3) is 3.03. The number of aryl methyl sites for hydroxylation is 3. The van der Waals surface area contributed by atoms with E-state index in [0.717, 1.165) is 28.4 Å². The van der Waals surface area contributed by atoms with Crippen molar-refractivity contribution in [3.8, 4) is 11.7 Å². The second kappa shape index (κ2) is 6.25. The zero-order chi connectivity index (χ0) is 18.3. The fourth-order valence-corrected chi connectivity index (χ4v) is 3.08. The lowest BCUT2D eigenvalue weighted by molar-refractivity contribution is -0.122. The van der Waals surface area contributed by atoms with Crippen LogP contribution < -0.4 is 10.1 Å². The molecule has 26 heavy (non-hydrogen) atoms. The summed E-state index contributed by atoms with van der Waals surface area (Å²) in [4.78, 5) is 21.5. The summed E-state index contributed by atoms with van der Waals surface area (Å²) in [6, 6.07) is 11.4. The molecular weight excluding hydrogens is 330 g/mol. The summed E-state index contributed by atoms with van der Waals surface area (Å²) in [5.41, 5.74) is 3.48. The number of hydrogen-bond donors (Lipinski definition) is 1. The monoisotopic (exact) mass is 349 g/mol. The number of fused-ring (bicyclic) bond motifs is 1. The number of anilines is 1. The Morgan fingerprint density at radius 2 is 1.85 bits per heavy atom. The van der Waals surface area contributed by atoms with Crippen molar-refractivity contribution < 1.29 is 9.53 Å². The molecule has 0 aliphatic carbocycles. The van der Waals surface area contributed by atoms with Crippen molar-refractivity contribution in [2.75, 3.05) is 5.32 Å². The number of rotatable bonds is 3. The Hall–Kier alpha value is -3.22. The average molecular weight is 349 g/mol. The molecule has 4 rings (SSSR count). The van der Waals surface area contributed by atoms with Gasteiger partial charge in [-0.2, -0.15) is 9.78 Å². The lowest BCUT2D eigenvalue weighted by Crippen LogP contribution is -2.32. The van der Waals surface area contributed by atoms with Crippen LogP contribution in [0.4, 0.5) is 5.82 Å². The Kier molecular flexibility index (Phi) is 3.91. The van der Waals surface area contributed by atoms with Gasteiger partial charge in [0.15, 0.2) is 6.10 Å². The maximum Gasteiger partial charge on any atom is 0.266 e. The van der Waals surface area contributed by atoms with Crippen molar-refractivity contribution in [2.24, 2.45) is 0 Å². The Morgan fingerprint density at radius 1 is 1.12 bits per heavy atom. The first-order valence-electron chi connectivity index (χ1n) is 8.44. The van der Waals surface area contributed by atoms with Gasteiger partial charge in [0.1, 0.15) is 11.6 Å². The SMILES string of the molecule is Cc1cc(C)nc(-n2nc(C)cc2NC(=O)C2Cc3ccccc3O2)n1. The van der Waals surface area contributed by atoms with Gasteiger partial charge in [-0.15, -0.1) is 0 Å². The highest BCUT2D eigenvalue weighted by atomic mass is 16.5. The fraction of sp³-hybridized carbons (Fsp3) is 0.263. The topological polar surface area (TPSA) is 81.9 Å². The lowest BCUT2D eigenvalue weighted by Gasteiger charge is -2.12. The molecule has 0 spiro atoms. The zero-order valence-corrected chi connectivity index (χ0v) is 14.9. The number of hydrogen-bond acceptors (Lipinski definition) is 5. The van der Waals surface area contributed by atoms with Crippen LogP contribution in [0.3, 0.4) is 0 Å². The average Bonchev–Trinajstić information content (AvgIpc) is 3.17. The van der Waals surface area contributed by atoms with Gasteiger partial charge in [0, 0.05) is 23.9 Å². The first-order valence-corrected chi connectivity index (χ1v) is 8.44. The van der Waals surface area contributed by atoms with Gasteiger partial charge in [-0.3, -0.25) is 4.79 Å². The maximum atomic E-state index is 12.7. The molecule has 7 nitrogen and oxygen atoms in total. The number of nitrogens with one attached hydrogen (secondary N) is 1. The van der Waals surface area contributed by atoms with Crippen LogP contribution in [0.25, 0.3) is 5.95 Å². The van der Waals surface area contributed by atoms with Crippen molar-refractivity contribution in [1.29, 1.82) is 0 Å². The molecule has 132 valence electrons. The molecular formula is C19H19N5O2. The summed E-state index contributed by atoms with van der Waals surface area (Å²) in [6.07, 6.45) is -0.00828. The minimum absolute atomic E-state index is 0.216. The predicted molar refractivity (Wildman–Crippen MR) is 96.6 cm³/mol. The van der Waals surface area contributed by atoms with Crippen LogP contribution in [0.1, 0.15) is 22.6 Å². The zero-order valence-electron chi connectivity index (χ0n) is 14.9. The molecule has 0 saturated carbocycles. The molecule has 3 aromatic rings. The first-order chi connectivity index (χ1) is 12.5. The number of nitrogens with zero attached hydrogens (tertiary/aromatic N) is 4. The second-order valence-electron chi connectivity index (χ2n) is 6.44. The van der Waals surface area contributed by atoms with Crippen molar-refractivity contribution >= 4 is 11.7 Å². The molecule has 1 atom stereocenters. The minimum Gasteiger partial charge on any atom is -0.480 e. The lowest BCUT2D eigenvalue weighted by atomic mass is 10.1. The molecule has 1 N–H and O–H groups in total. The normalized spacial score (nSPS) is 15.4. The summed E-state index contributed by atoms with van der Waals surface area (Å²) in [6.45, 7) is 5.66. The van der Waals surface area contributed by atoms with Crippen LogP contribution in [0.2, 0.25) is 0 Å². The van der Waals surface area contributed by atoms with Gasteiger partial charge in [-0.25, -0.2) is 9.97 Å². The molecule has 0 bridgehead atoms. The van der Waals surface area contributed by atoms with Gasteiger partial charge in [-0.1, -0.05) is 18.2 Å². The number of carbonyl (C=O) groups excluding carboxylic acids is 1. The largest absolute Gasteiger partial charge is 0.480 e. The van der Waals surface area contributed by atoms with Gasteiger partial charge in [-0.05, 0) is 38.5 Å². The number of ether oxygens (including phenoxy) is 1. The second-order valence-corrected chi connectivity index (χ2v) is 6.44. The smallest absolute Gasteiger partial charge is 0.266 e. The molecule has 0 saturated heterocycles. The summed E-state index contributed by atoms with van der Waals surface area (Å²) in [5, 5.41) is 7.32. The first kappa shape index (κ1) is 16.3. The van der Waals surface area contributed by atoms with Crippen molar-refractivity contribution in [3.63, 3.8) is 0 Å². The molecule has 3 heterocycles. The van der Waals surface area contributed by atoms with Crippen molar-refractivity contribution in [2.45, 2.75) is 33.3 Å². The van der Waals surface area contributed by atoms with E-state index in [-0.39, 0.29) is 5.91 Å². The Bertz CT molecular complexity index is 950. The van der Waals surface area contributed by atoms with Crippen LogP contribution in [0, 0.1) is 20.8 Å². The van der Waals surface area contributed by atoms with Crippen LogP contribution in [-0.2, 0) is 11.2 Å². The van der Waals surface area contributed by atoms with E-state index >= 15 is 0 Å². The number of aromatic nitrogens is 4. The molecule has 2 aromatic heterocycles. The van der Waals surface area contributed by atoms with E-state index in [1.165, 1.54) is 0 Å². The van der Waals surface area contributed by atoms with Crippen LogP contribution in [0.5, 0.6) is 5.75 Å². The Labute approximate surface area is 151 Å². The molecule has 0 radical (unpaired) electrons. The van der Waals surface area contributed by atoms with Crippen LogP contribution in [-0.4, -0.2) is 31.8 Å². The van der Waals surface area contributed by atoms with E-state index < -0.39 is 6.10 Å². The van der Waals surface area contributed by atoms with E-state index in [2.05, 4.69) is 20.4 Å². The number of carbonyl (C=O) groups is 1. The third-order valence-electron chi connectivity index (χ3n) is 4.18. The molecule has 1 aliphatic heterocycles. The summed E-state index contributed by atoms with van der Waals surface area (Å²) in [5.74, 6) is 1.50. The van der Waals surface area contributed by atoms with Crippen LogP contribution in [0.15, 0.2) is 36.4 Å². The summed E-state index contributed by atoms with van der Waals surface area (Å²) >= 11 is 0. The minimum atomic E-state index is -0.559. The van der Waals surface area contributed by atoms with E-state index in [1.54, 1.807) is 10.7 Å². The van der Waals surface area contributed by atoms with Crippen LogP contribution >= 0.6 is 0 Å². The van der Waals surface area contributed by atoms with Crippen molar-refractivity contribution in [1.82, 2.24) is 19.7 Å². The molecule has 1 unspecified atom stereocenters. The van der Waals surface area contributed by atoms with E-state index in [4.69, 9.17) is 4.74 Å². The molecule has 0 fully saturated rings. The quantitative estimate of drug-likeness (QED) is 0.786.